The van der Waals surface area contributed by atoms with Crippen LogP contribution in [0.2, 0.25) is 0 Å². The summed E-state index contributed by atoms with van der Waals surface area (Å²) in [5.41, 5.74) is 0.907. The standard InChI is InChI=1S/C20H21F3N2O2/c21-20(22,23)16-8-9-18(25-10-4-5-11-25)17(12-16)24-19(26)14-27-13-15-6-2-1-3-7-15/h1-3,6-9,12H,4-5,10-11,13-14H2,(H,24,26). The molecular weight excluding hydrogens is 357 g/mol. The number of carbonyl (C=O) groups is 1. The van der Waals surface area contributed by atoms with Crippen LogP contribution in [0.4, 0.5) is 24.5 Å². The Morgan fingerprint density at radius 2 is 1.78 bits per heavy atom. The summed E-state index contributed by atoms with van der Waals surface area (Å²) in [6.07, 6.45) is -2.50. The molecule has 27 heavy (non-hydrogen) atoms. The van der Waals surface area contributed by atoms with Gasteiger partial charge in [-0.2, -0.15) is 13.2 Å². The largest absolute Gasteiger partial charge is 0.416 e. The van der Waals surface area contributed by atoms with Gasteiger partial charge in [-0.25, -0.2) is 0 Å². The van der Waals surface area contributed by atoms with Crippen molar-refractivity contribution in [2.24, 2.45) is 0 Å². The van der Waals surface area contributed by atoms with Crippen LogP contribution in [0.3, 0.4) is 0 Å². The van der Waals surface area contributed by atoms with Crippen molar-refractivity contribution in [2.45, 2.75) is 25.6 Å². The van der Waals surface area contributed by atoms with Crippen LogP contribution in [0.25, 0.3) is 0 Å². The van der Waals surface area contributed by atoms with Crippen LogP contribution in [-0.4, -0.2) is 25.6 Å². The van der Waals surface area contributed by atoms with Crippen molar-refractivity contribution >= 4 is 17.3 Å². The van der Waals surface area contributed by atoms with Crippen molar-refractivity contribution in [3.63, 3.8) is 0 Å². The molecule has 1 aliphatic rings. The third-order valence-electron chi connectivity index (χ3n) is 4.39. The fraction of sp³-hybridized carbons (Fsp3) is 0.350. The number of nitrogens with one attached hydrogen (secondary N) is 1. The van der Waals surface area contributed by atoms with Crippen molar-refractivity contribution in [3.05, 3.63) is 59.7 Å². The van der Waals surface area contributed by atoms with E-state index in [4.69, 9.17) is 4.74 Å². The summed E-state index contributed by atoms with van der Waals surface area (Å²) in [7, 11) is 0. The Morgan fingerprint density at radius 3 is 2.44 bits per heavy atom. The number of nitrogens with zero attached hydrogens (tertiary/aromatic N) is 1. The van der Waals surface area contributed by atoms with Crippen LogP contribution in [-0.2, 0) is 22.3 Å². The zero-order chi connectivity index (χ0) is 19.3. The van der Waals surface area contributed by atoms with E-state index in [1.54, 1.807) is 0 Å². The first kappa shape index (κ1) is 19.2. The van der Waals surface area contributed by atoms with E-state index in [2.05, 4.69) is 5.32 Å². The monoisotopic (exact) mass is 378 g/mol. The van der Waals surface area contributed by atoms with Crippen molar-refractivity contribution in [1.82, 2.24) is 0 Å². The van der Waals surface area contributed by atoms with Gasteiger partial charge in [0, 0.05) is 13.1 Å². The van der Waals surface area contributed by atoms with E-state index in [0.717, 1.165) is 43.6 Å². The highest BCUT2D eigenvalue weighted by molar-refractivity contribution is 5.95. The van der Waals surface area contributed by atoms with E-state index >= 15 is 0 Å². The molecule has 1 N–H and O–H groups in total. The van der Waals surface area contributed by atoms with Gasteiger partial charge in [0.2, 0.25) is 5.91 Å². The zero-order valence-corrected chi connectivity index (χ0v) is 14.8. The molecule has 1 amide bonds. The molecule has 4 nitrogen and oxygen atoms in total. The molecule has 1 heterocycles. The van der Waals surface area contributed by atoms with Gasteiger partial charge in [-0.1, -0.05) is 30.3 Å². The van der Waals surface area contributed by atoms with E-state index in [1.807, 2.05) is 35.2 Å². The maximum atomic E-state index is 13.1. The topological polar surface area (TPSA) is 41.6 Å². The van der Waals surface area contributed by atoms with Crippen LogP contribution in [0.15, 0.2) is 48.5 Å². The number of carbonyl (C=O) groups excluding carboxylic acids is 1. The molecule has 0 saturated carbocycles. The molecule has 0 spiro atoms. The van der Waals surface area contributed by atoms with Crippen molar-refractivity contribution in [2.75, 3.05) is 29.9 Å². The lowest BCUT2D eigenvalue weighted by Crippen LogP contribution is -2.23. The maximum absolute atomic E-state index is 13.1. The minimum atomic E-state index is -4.47. The second kappa shape index (κ2) is 8.43. The average Bonchev–Trinajstić information content (AvgIpc) is 3.16. The maximum Gasteiger partial charge on any atom is 0.416 e. The van der Waals surface area contributed by atoms with E-state index in [1.165, 1.54) is 6.07 Å². The van der Waals surface area contributed by atoms with E-state index in [9.17, 15) is 18.0 Å². The van der Waals surface area contributed by atoms with Crippen molar-refractivity contribution < 1.29 is 22.7 Å². The fourth-order valence-electron chi connectivity index (χ4n) is 3.07. The normalized spacial score (nSPS) is 14.4. The molecule has 0 aliphatic carbocycles. The summed E-state index contributed by atoms with van der Waals surface area (Å²) in [6, 6.07) is 12.8. The zero-order valence-electron chi connectivity index (χ0n) is 14.8. The first-order valence-corrected chi connectivity index (χ1v) is 8.81. The molecule has 144 valence electrons. The van der Waals surface area contributed by atoms with Gasteiger partial charge in [-0.3, -0.25) is 4.79 Å². The molecule has 0 aromatic heterocycles. The first-order valence-electron chi connectivity index (χ1n) is 8.81. The smallest absolute Gasteiger partial charge is 0.370 e. The predicted molar refractivity (Wildman–Crippen MR) is 97.6 cm³/mol. The number of hydrogen-bond donors (Lipinski definition) is 1. The lowest BCUT2D eigenvalue weighted by molar-refractivity contribution is -0.137. The first-order chi connectivity index (χ1) is 12.9. The van der Waals surface area contributed by atoms with E-state index in [-0.39, 0.29) is 18.9 Å². The number of halogens is 3. The van der Waals surface area contributed by atoms with Gasteiger partial charge in [-0.15, -0.1) is 0 Å². The summed E-state index contributed by atoms with van der Waals surface area (Å²) in [6.45, 7) is 1.55. The molecule has 0 bridgehead atoms. The van der Waals surface area contributed by atoms with Crippen LogP contribution in [0.5, 0.6) is 0 Å². The van der Waals surface area contributed by atoms with Gasteiger partial charge in [0.25, 0.3) is 0 Å². The van der Waals surface area contributed by atoms with E-state index in [0.29, 0.717) is 5.69 Å². The number of amides is 1. The highest BCUT2D eigenvalue weighted by Crippen LogP contribution is 2.36. The highest BCUT2D eigenvalue weighted by atomic mass is 19.4. The molecule has 2 aromatic carbocycles. The highest BCUT2D eigenvalue weighted by Gasteiger charge is 2.32. The Bertz CT molecular complexity index is 773. The second-order valence-corrected chi connectivity index (χ2v) is 6.45. The summed E-state index contributed by atoms with van der Waals surface area (Å²) in [5.74, 6) is -0.481. The number of benzene rings is 2. The molecule has 1 aliphatic heterocycles. The molecule has 0 radical (unpaired) electrons. The van der Waals surface area contributed by atoms with Crippen molar-refractivity contribution in [1.29, 1.82) is 0 Å². The van der Waals surface area contributed by atoms with Crippen LogP contribution >= 0.6 is 0 Å². The second-order valence-electron chi connectivity index (χ2n) is 6.45. The Labute approximate surface area is 155 Å². The Hall–Kier alpha value is -2.54. The Morgan fingerprint density at radius 1 is 1.07 bits per heavy atom. The quantitative estimate of drug-likeness (QED) is 0.807. The minimum Gasteiger partial charge on any atom is -0.370 e. The van der Waals surface area contributed by atoms with Gasteiger partial charge < -0.3 is 15.0 Å². The molecule has 0 atom stereocenters. The third-order valence-corrected chi connectivity index (χ3v) is 4.39. The molecule has 2 aromatic rings. The lowest BCUT2D eigenvalue weighted by Gasteiger charge is -2.23. The minimum absolute atomic E-state index is 0.167. The average molecular weight is 378 g/mol. The Kier molecular flexibility index (Phi) is 6.01. The molecule has 1 fully saturated rings. The van der Waals surface area contributed by atoms with Crippen LogP contribution in [0.1, 0.15) is 24.0 Å². The summed E-state index contributed by atoms with van der Waals surface area (Å²) >= 11 is 0. The molecule has 1 saturated heterocycles. The summed E-state index contributed by atoms with van der Waals surface area (Å²) < 4.78 is 44.5. The molecule has 0 unspecified atom stereocenters. The van der Waals surface area contributed by atoms with Crippen LogP contribution in [0, 0.1) is 0 Å². The fourth-order valence-corrected chi connectivity index (χ4v) is 3.07. The SMILES string of the molecule is O=C(COCc1ccccc1)Nc1cc(C(F)(F)F)ccc1N1CCCC1. The van der Waals surface area contributed by atoms with Crippen LogP contribution < -0.4 is 10.2 Å². The molecular formula is C20H21F3N2O2. The van der Waals surface area contributed by atoms with Gasteiger partial charge in [0.15, 0.2) is 0 Å². The number of hydrogen-bond acceptors (Lipinski definition) is 3. The number of ether oxygens (including phenoxy) is 1. The number of rotatable bonds is 6. The van der Waals surface area contributed by atoms with Gasteiger partial charge in [-0.05, 0) is 36.6 Å². The van der Waals surface area contributed by atoms with E-state index < -0.39 is 17.6 Å². The number of alkyl halides is 3. The van der Waals surface area contributed by atoms with Gasteiger partial charge >= 0.3 is 6.18 Å². The molecule has 7 heteroatoms. The third kappa shape index (κ3) is 5.23. The molecule has 3 rings (SSSR count). The lowest BCUT2D eigenvalue weighted by atomic mass is 10.1. The van der Waals surface area contributed by atoms with Crippen molar-refractivity contribution in [3.8, 4) is 0 Å². The Balaban J connectivity index is 1.68. The summed E-state index contributed by atoms with van der Waals surface area (Å²) in [5, 5.41) is 2.58. The predicted octanol–water partition coefficient (Wildman–Crippen LogP) is 4.46. The summed E-state index contributed by atoms with van der Waals surface area (Å²) in [4.78, 5) is 14.2. The van der Waals surface area contributed by atoms with Gasteiger partial charge in [0.1, 0.15) is 6.61 Å². The van der Waals surface area contributed by atoms with Gasteiger partial charge in [0.05, 0.1) is 23.5 Å². The number of anilines is 2.